The largest absolute Gasteiger partial charge is 0.459 e. The number of hydrogen-bond donors (Lipinski definition) is 1. The van der Waals surface area contributed by atoms with Gasteiger partial charge in [0, 0.05) is 18.9 Å². The molecule has 0 bridgehead atoms. The van der Waals surface area contributed by atoms with E-state index >= 15 is 0 Å². The monoisotopic (exact) mass is 201 g/mol. The maximum absolute atomic E-state index is 5.49. The highest BCUT2D eigenvalue weighted by Crippen LogP contribution is 2.07. The molecular formula is C8H12ClN3O. The molecule has 1 atom stereocenters. The first-order valence-electron chi connectivity index (χ1n) is 4.09. The van der Waals surface area contributed by atoms with Crippen LogP contribution in [0.1, 0.15) is 6.42 Å². The molecule has 1 aliphatic rings. The Bertz CT molecular complexity index is 238. The zero-order chi connectivity index (χ0) is 8.23. The van der Waals surface area contributed by atoms with Crippen molar-refractivity contribution in [2.45, 2.75) is 12.5 Å². The van der Waals surface area contributed by atoms with E-state index in [1.807, 2.05) is 0 Å². The fourth-order valence-electron chi connectivity index (χ4n) is 1.22. The van der Waals surface area contributed by atoms with E-state index in [0.29, 0.717) is 6.01 Å². The molecule has 1 aliphatic heterocycles. The summed E-state index contributed by atoms with van der Waals surface area (Å²) >= 11 is 0. The van der Waals surface area contributed by atoms with Crippen molar-refractivity contribution >= 4 is 12.4 Å². The van der Waals surface area contributed by atoms with Gasteiger partial charge in [0.1, 0.15) is 6.10 Å². The smallest absolute Gasteiger partial charge is 0.316 e. The number of ether oxygens (including phenoxy) is 1. The summed E-state index contributed by atoms with van der Waals surface area (Å²) in [6.45, 7) is 1.93. The van der Waals surface area contributed by atoms with Crippen LogP contribution in [0.5, 0.6) is 6.01 Å². The van der Waals surface area contributed by atoms with Crippen LogP contribution >= 0.6 is 12.4 Å². The molecule has 0 aromatic carbocycles. The lowest BCUT2D eigenvalue weighted by atomic mass is 10.3. The molecule has 2 heterocycles. The van der Waals surface area contributed by atoms with Crippen LogP contribution in [0, 0.1) is 0 Å². The van der Waals surface area contributed by atoms with Gasteiger partial charge in [-0.1, -0.05) is 0 Å². The van der Waals surface area contributed by atoms with E-state index in [-0.39, 0.29) is 18.5 Å². The Morgan fingerprint density at radius 1 is 1.38 bits per heavy atom. The number of nitrogens with one attached hydrogen (secondary N) is 1. The highest BCUT2D eigenvalue weighted by molar-refractivity contribution is 5.85. The summed E-state index contributed by atoms with van der Waals surface area (Å²) in [5.41, 5.74) is 0. The Morgan fingerprint density at radius 2 is 2.15 bits per heavy atom. The first-order chi connectivity index (χ1) is 5.95. The van der Waals surface area contributed by atoms with Gasteiger partial charge in [-0.3, -0.25) is 0 Å². The van der Waals surface area contributed by atoms with Crippen molar-refractivity contribution in [3.63, 3.8) is 0 Å². The van der Waals surface area contributed by atoms with Gasteiger partial charge in [0.25, 0.3) is 0 Å². The Balaban J connectivity index is 0.000000845. The molecule has 0 saturated carbocycles. The lowest BCUT2D eigenvalue weighted by molar-refractivity contribution is 0.204. The third kappa shape index (κ3) is 2.82. The van der Waals surface area contributed by atoms with Crippen LogP contribution in [0.3, 0.4) is 0 Å². The molecule has 13 heavy (non-hydrogen) atoms. The molecule has 0 amide bonds. The second kappa shape index (κ2) is 4.99. The minimum Gasteiger partial charge on any atom is -0.459 e. The highest BCUT2D eigenvalue weighted by atomic mass is 35.5. The van der Waals surface area contributed by atoms with Crippen molar-refractivity contribution in [3.05, 3.63) is 18.5 Å². The summed E-state index contributed by atoms with van der Waals surface area (Å²) in [6, 6.07) is 2.26. The van der Waals surface area contributed by atoms with Crippen LogP contribution in [0.15, 0.2) is 18.5 Å². The normalized spacial score (nSPS) is 20.8. The molecule has 72 valence electrons. The van der Waals surface area contributed by atoms with Gasteiger partial charge in [0.15, 0.2) is 0 Å². The molecule has 0 spiro atoms. The molecule has 1 aromatic rings. The zero-order valence-corrected chi connectivity index (χ0v) is 7.96. The van der Waals surface area contributed by atoms with Gasteiger partial charge >= 0.3 is 6.01 Å². The highest BCUT2D eigenvalue weighted by Gasteiger charge is 2.16. The minimum atomic E-state index is 0. The van der Waals surface area contributed by atoms with Crippen LogP contribution in [0.2, 0.25) is 0 Å². The third-order valence-corrected chi connectivity index (χ3v) is 1.83. The lowest BCUT2D eigenvalue weighted by Gasteiger charge is -2.08. The summed E-state index contributed by atoms with van der Waals surface area (Å²) in [7, 11) is 0. The molecule has 1 N–H and O–H groups in total. The van der Waals surface area contributed by atoms with E-state index < -0.39 is 0 Å². The Hall–Kier alpha value is -0.870. The predicted molar refractivity (Wildman–Crippen MR) is 51.2 cm³/mol. The predicted octanol–water partition coefficient (Wildman–Crippen LogP) is 0.639. The molecule has 1 fully saturated rings. The Labute approximate surface area is 83.1 Å². The number of nitrogens with zero attached hydrogens (tertiary/aromatic N) is 2. The van der Waals surface area contributed by atoms with E-state index in [0.717, 1.165) is 19.5 Å². The van der Waals surface area contributed by atoms with Crippen molar-refractivity contribution in [3.8, 4) is 6.01 Å². The standard InChI is InChI=1S/C8H11N3O.ClH/c1-3-10-8(11-4-1)12-7-2-5-9-6-7;/h1,3-4,7,9H,2,5-6H2;1H. The fraction of sp³-hybridized carbons (Fsp3) is 0.500. The maximum Gasteiger partial charge on any atom is 0.316 e. The molecule has 1 unspecified atom stereocenters. The average molecular weight is 202 g/mol. The van der Waals surface area contributed by atoms with Crippen LogP contribution in [-0.2, 0) is 0 Å². The van der Waals surface area contributed by atoms with E-state index in [4.69, 9.17) is 4.74 Å². The molecule has 1 saturated heterocycles. The SMILES string of the molecule is Cl.c1cnc(OC2CCNC2)nc1. The van der Waals surface area contributed by atoms with Gasteiger partial charge in [-0.2, -0.15) is 0 Å². The first-order valence-corrected chi connectivity index (χ1v) is 4.09. The second-order valence-electron chi connectivity index (χ2n) is 2.76. The van der Waals surface area contributed by atoms with Gasteiger partial charge in [-0.05, 0) is 19.0 Å². The van der Waals surface area contributed by atoms with Crippen LogP contribution in [0.25, 0.3) is 0 Å². The van der Waals surface area contributed by atoms with E-state index in [2.05, 4.69) is 15.3 Å². The zero-order valence-electron chi connectivity index (χ0n) is 7.14. The van der Waals surface area contributed by atoms with Crippen molar-refractivity contribution in [2.24, 2.45) is 0 Å². The number of aromatic nitrogens is 2. The summed E-state index contributed by atoms with van der Waals surface area (Å²) in [5, 5.41) is 3.21. The molecule has 1 aromatic heterocycles. The van der Waals surface area contributed by atoms with E-state index in [9.17, 15) is 0 Å². The topological polar surface area (TPSA) is 47.0 Å². The van der Waals surface area contributed by atoms with Crippen LogP contribution < -0.4 is 10.1 Å². The van der Waals surface area contributed by atoms with Crippen LogP contribution in [-0.4, -0.2) is 29.2 Å². The summed E-state index contributed by atoms with van der Waals surface area (Å²) in [4.78, 5) is 7.96. The Morgan fingerprint density at radius 3 is 2.77 bits per heavy atom. The fourth-order valence-corrected chi connectivity index (χ4v) is 1.22. The number of rotatable bonds is 2. The van der Waals surface area contributed by atoms with Gasteiger partial charge in [0.2, 0.25) is 0 Å². The van der Waals surface area contributed by atoms with Gasteiger partial charge in [-0.15, -0.1) is 12.4 Å². The van der Waals surface area contributed by atoms with Crippen LogP contribution in [0.4, 0.5) is 0 Å². The Kier molecular flexibility index (Phi) is 3.92. The quantitative estimate of drug-likeness (QED) is 0.763. The lowest BCUT2D eigenvalue weighted by Crippen LogP contribution is -2.20. The maximum atomic E-state index is 5.49. The van der Waals surface area contributed by atoms with Gasteiger partial charge in [-0.25, -0.2) is 9.97 Å². The molecule has 2 rings (SSSR count). The number of halogens is 1. The minimum absolute atomic E-state index is 0. The van der Waals surface area contributed by atoms with E-state index in [1.54, 1.807) is 18.5 Å². The van der Waals surface area contributed by atoms with Crippen molar-refractivity contribution in [2.75, 3.05) is 13.1 Å². The van der Waals surface area contributed by atoms with Crippen molar-refractivity contribution in [1.29, 1.82) is 0 Å². The summed E-state index contributed by atoms with van der Waals surface area (Å²) in [5.74, 6) is 0. The summed E-state index contributed by atoms with van der Waals surface area (Å²) in [6.07, 6.45) is 4.65. The molecule has 4 nitrogen and oxygen atoms in total. The average Bonchev–Trinajstić information content (AvgIpc) is 2.59. The molecule has 0 radical (unpaired) electrons. The van der Waals surface area contributed by atoms with Crippen molar-refractivity contribution in [1.82, 2.24) is 15.3 Å². The first kappa shape index (κ1) is 10.2. The number of hydrogen-bond acceptors (Lipinski definition) is 4. The molecular weight excluding hydrogens is 190 g/mol. The van der Waals surface area contributed by atoms with Gasteiger partial charge in [0.05, 0.1) is 0 Å². The molecule has 0 aliphatic carbocycles. The third-order valence-electron chi connectivity index (χ3n) is 1.83. The van der Waals surface area contributed by atoms with E-state index in [1.165, 1.54) is 0 Å². The van der Waals surface area contributed by atoms with Gasteiger partial charge < -0.3 is 10.1 Å². The summed E-state index contributed by atoms with van der Waals surface area (Å²) < 4.78 is 5.49. The van der Waals surface area contributed by atoms with Crippen molar-refractivity contribution < 1.29 is 4.74 Å². The molecule has 5 heteroatoms. The second-order valence-corrected chi connectivity index (χ2v) is 2.76.